The Morgan fingerprint density at radius 3 is 2.26 bits per heavy atom. The van der Waals surface area contributed by atoms with Crippen LogP contribution >= 0.6 is 0 Å². The summed E-state index contributed by atoms with van der Waals surface area (Å²) in [6.07, 6.45) is -4.85. The van der Waals surface area contributed by atoms with E-state index in [9.17, 15) is 45.0 Å². The van der Waals surface area contributed by atoms with Gasteiger partial charge in [0.2, 0.25) is 11.8 Å². The van der Waals surface area contributed by atoms with Gasteiger partial charge in [0, 0.05) is 24.7 Å². The number of ether oxygens (including phenoxy) is 6. The molecular weight excluding hydrogens is 854 g/mol. The van der Waals surface area contributed by atoms with Gasteiger partial charge in [-0.25, -0.2) is 0 Å². The molecule has 360 valence electrons. The lowest BCUT2D eigenvalue weighted by Gasteiger charge is -2.49. The fraction of sp³-hybridized carbons (Fsp3) is 0.733. The van der Waals surface area contributed by atoms with Crippen molar-refractivity contribution in [2.75, 3.05) is 19.8 Å². The third-order valence-electron chi connectivity index (χ3n) is 13.5. The van der Waals surface area contributed by atoms with Crippen LogP contribution in [0.1, 0.15) is 83.8 Å². The molecule has 2 bridgehead atoms. The molecule has 2 amide bonds. The number of nitrogens with one attached hydrogen (secondary N) is 2. The van der Waals surface area contributed by atoms with Crippen LogP contribution < -0.4 is 10.6 Å². The van der Waals surface area contributed by atoms with Crippen LogP contribution in [0.5, 0.6) is 0 Å². The summed E-state index contributed by atoms with van der Waals surface area (Å²) in [5, 5.41) is 67.6. The van der Waals surface area contributed by atoms with E-state index in [1.165, 1.54) is 12.0 Å². The number of hydrogen-bond donors (Lipinski definition) is 8. The molecule has 7 fully saturated rings. The first-order valence-corrected chi connectivity index (χ1v) is 22.7. The van der Waals surface area contributed by atoms with Gasteiger partial charge < -0.3 is 69.7 Å². The summed E-state index contributed by atoms with van der Waals surface area (Å²) in [7, 11) is 0. The van der Waals surface area contributed by atoms with Gasteiger partial charge in [-0.05, 0) is 70.9 Å². The van der Waals surface area contributed by atoms with Crippen LogP contribution in [0.3, 0.4) is 0 Å². The number of fused-ring (bicyclic) bond motifs is 4. The van der Waals surface area contributed by atoms with Crippen molar-refractivity contribution >= 4 is 29.8 Å². The predicted octanol–water partition coefficient (Wildman–Crippen LogP) is -0.919. The molecule has 7 aliphatic rings. The topological polar surface area (TPSA) is 282 Å². The lowest BCUT2D eigenvalue weighted by atomic mass is 9.62. The van der Waals surface area contributed by atoms with E-state index in [1.807, 2.05) is 24.3 Å². The minimum atomic E-state index is -1.65. The molecular formula is C45H63N3O17. The standard InChI is InChI=1S/C45H63N3O17/c1-22(51)31(39(56)46-27(20-49)15-16-30(52)62-43(2,3)4)47-42(58)44-18-28-35-36(64-45(63-35,25-11-12-25)26-13-14-26)38(44)65-48(37(44)40(57)60-28)19-24-9-7-23(8-10-24)6-5-17-59-41-34(55)33(54)32(53)29(21-50)61-41/h5-10,22,25-29,31-38,41,49-51,53-55H,11-21H2,1-4H3,(H,46,56)(H,47,58). The Bertz CT molecular complexity index is 1920. The summed E-state index contributed by atoms with van der Waals surface area (Å²) in [4.78, 5) is 62.2. The van der Waals surface area contributed by atoms with Gasteiger partial charge in [-0.15, -0.1) is 0 Å². The lowest BCUT2D eigenvalue weighted by Crippen LogP contribution is -2.71. The van der Waals surface area contributed by atoms with Crippen LogP contribution in [0.4, 0.5) is 0 Å². The molecule has 3 aliphatic carbocycles. The first-order valence-electron chi connectivity index (χ1n) is 22.7. The molecule has 0 spiro atoms. The fourth-order valence-corrected chi connectivity index (χ4v) is 9.99. The zero-order valence-corrected chi connectivity index (χ0v) is 37.0. The van der Waals surface area contributed by atoms with E-state index in [0.29, 0.717) is 5.56 Å². The van der Waals surface area contributed by atoms with Crippen LogP contribution in [-0.4, -0.2) is 170 Å². The number of carbonyl (C=O) groups excluding carboxylic acids is 4. The van der Waals surface area contributed by atoms with Crippen molar-refractivity contribution in [1.29, 1.82) is 0 Å². The molecule has 8 rings (SSSR count). The number of benzene rings is 1. The highest BCUT2D eigenvalue weighted by Crippen LogP contribution is 2.64. The van der Waals surface area contributed by atoms with Gasteiger partial charge in [0.05, 0.1) is 38.5 Å². The predicted molar refractivity (Wildman–Crippen MR) is 222 cm³/mol. The number of esters is 2. The van der Waals surface area contributed by atoms with Gasteiger partial charge in [0.1, 0.15) is 65.9 Å². The zero-order valence-electron chi connectivity index (χ0n) is 37.0. The summed E-state index contributed by atoms with van der Waals surface area (Å²) >= 11 is 0. The highest BCUT2D eigenvalue weighted by molar-refractivity contribution is 5.96. The molecule has 20 heteroatoms. The largest absolute Gasteiger partial charge is 0.460 e. The average Bonchev–Trinajstić information content (AvgIpc) is 4.21. The van der Waals surface area contributed by atoms with Gasteiger partial charge in [0.15, 0.2) is 18.1 Å². The molecule has 14 atom stereocenters. The second-order valence-electron chi connectivity index (χ2n) is 19.5. The van der Waals surface area contributed by atoms with Gasteiger partial charge in [-0.3, -0.25) is 24.0 Å². The Hall–Kier alpha value is -3.64. The molecule has 20 nitrogen and oxygen atoms in total. The van der Waals surface area contributed by atoms with E-state index < -0.39 is 133 Å². The van der Waals surface area contributed by atoms with E-state index in [2.05, 4.69) is 10.6 Å². The monoisotopic (exact) mass is 917 g/mol. The number of carbonyl (C=O) groups is 4. The Kier molecular flexibility index (Phi) is 13.8. The van der Waals surface area contributed by atoms with Crippen molar-refractivity contribution in [2.24, 2.45) is 17.3 Å². The van der Waals surface area contributed by atoms with Gasteiger partial charge in [-0.1, -0.05) is 36.4 Å². The van der Waals surface area contributed by atoms with Gasteiger partial charge in [-0.2, -0.15) is 5.06 Å². The number of nitrogens with zero attached hydrogens (tertiary/aromatic N) is 1. The number of aliphatic hydroxyl groups is 6. The number of amides is 2. The SMILES string of the molecule is CC(O)C(NC(=O)C12CC3OC(=O)C1N(Cc1ccc(C=CCOC4OC(CO)C(O)C(O)C4O)cc1)OC2C1OC(C2CC2)(C2CC2)OC31)C(=O)NC(CO)CCC(=O)OC(C)(C)C. The molecule has 65 heavy (non-hydrogen) atoms. The fourth-order valence-electron chi connectivity index (χ4n) is 9.99. The van der Waals surface area contributed by atoms with Crippen molar-refractivity contribution in [3.8, 4) is 0 Å². The minimum absolute atomic E-state index is 0.00935. The molecule has 0 aromatic heterocycles. The second kappa shape index (κ2) is 18.8. The van der Waals surface area contributed by atoms with Crippen molar-refractivity contribution in [3.63, 3.8) is 0 Å². The zero-order chi connectivity index (χ0) is 46.6. The maximum absolute atomic E-state index is 15.1. The molecule has 1 aromatic rings. The first-order chi connectivity index (χ1) is 30.9. The van der Waals surface area contributed by atoms with Crippen LogP contribution in [0, 0.1) is 17.3 Å². The quantitative estimate of drug-likeness (QED) is 0.0827. The average molecular weight is 918 g/mol. The number of rotatable bonds is 18. The Morgan fingerprint density at radius 1 is 0.969 bits per heavy atom. The van der Waals surface area contributed by atoms with E-state index in [4.69, 9.17) is 33.3 Å². The minimum Gasteiger partial charge on any atom is -0.460 e. The number of hydrogen-bond acceptors (Lipinski definition) is 18. The first kappa shape index (κ1) is 47.8. The summed E-state index contributed by atoms with van der Waals surface area (Å²) in [6.45, 7) is 5.41. The molecule has 3 saturated carbocycles. The van der Waals surface area contributed by atoms with Gasteiger partial charge in [0.25, 0.3) is 0 Å². The van der Waals surface area contributed by atoms with Crippen LogP contribution in [-0.2, 0) is 59.0 Å². The molecule has 4 heterocycles. The maximum Gasteiger partial charge on any atom is 0.327 e. The summed E-state index contributed by atoms with van der Waals surface area (Å²) in [6, 6.07) is 3.51. The molecule has 4 aliphatic heterocycles. The Morgan fingerprint density at radius 2 is 1.65 bits per heavy atom. The van der Waals surface area contributed by atoms with E-state index in [-0.39, 0.29) is 44.2 Å². The smallest absolute Gasteiger partial charge is 0.327 e. The van der Waals surface area contributed by atoms with E-state index >= 15 is 4.79 Å². The number of hydroxylamine groups is 2. The second-order valence-corrected chi connectivity index (χ2v) is 19.5. The van der Waals surface area contributed by atoms with Crippen LogP contribution in [0.25, 0.3) is 6.08 Å². The van der Waals surface area contributed by atoms with Crippen molar-refractivity contribution in [3.05, 3.63) is 41.5 Å². The Balaban J connectivity index is 0.993. The summed E-state index contributed by atoms with van der Waals surface area (Å²) in [5.74, 6) is -3.36. The van der Waals surface area contributed by atoms with Crippen LogP contribution in [0.2, 0.25) is 0 Å². The lowest BCUT2D eigenvalue weighted by molar-refractivity contribution is -0.298. The van der Waals surface area contributed by atoms with Crippen LogP contribution in [0.15, 0.2) is 30.3 Å². The highest BCUT2D eigenvalue weighted by atomic mass is 16.8. The summed E-state index contributed by atoms with van der Waals surface area (Å²) in [5.41, 5.74) is -0.921. The number of aliphatic hydroxyl groups excluding tert-OH is 6. The highest BCUT2D eigenvalue weighted by Gasteiger charge is 2.78. The molecule has 14 unspecified atom stereocenters. The van der Waals surface area contributed by atoms with Crippen molar-refractivity contribution in [2.45, 2.75) is 170 Å². The van der Waals surface area contributed by atoms with E-state index in [0.717, 1.165) is 31.2 Å². The normalized spacial score (nSPS) is 35.5. The van der Waals surface area contributed by atoms with E-state index in [1.54, 1.807) is 32.9 Å². The summed E-state index contributed by atoms with van der Waals surface area (Å²) < 4.78 is 36.1. The van der Waals surface area contributed by atoms with Crippen molar-refractivity contribution < 1.29 is 83.1 Å². The third-order valence-corrected chi connectivity index (χ3v) is 13.5. The third kappa shape index (κ3) is 9.60. The Labute approximate surface area is 376 Å². The van der Waals surface area contributed by atoms with Crippen molar-refractivity contribution in [1.82, 2.24) is 15.7 Å². The molecule has 4 saturated heterocycles. The van der Waals surface area contributed by atoms with Gasteiger partial charge >= 0.3 is 11.9 Å². The molecule has 1 aromatic carbocycles. The molecule has 8 N–H and O–H groups in total. The molecule has 0 radical (unpaired) electrons. The maximum atomic E-state index is 15.1.